The van der Waals surface area contributed by atoms with Crippen LogP contribution < -0.4 is 10.1 Å². The molecule has 5 heteroatoms. The number of methoxy groups -OCH3 is 1. The molecule has 0 aliphatic carbocycles. The predicted molar refractivity (Wildman–Crippen MR) is 73.5 cm³/mol. The zero-order chi connectivity index (χ0) is 13.7. The van der Waals surface area contributed by atoms with Crippen molar-refractivity contribution in [3.05, 3.63) is 29.6 Å². The van der Waals surface area contributed by atoms with Crippen molar-refractivity contribution >= 4 is 11.6 Å². The average Bonchev–Trinajstić information content (AvgIpc) is 2.78. The third kappa shape index (κ3) is 4.06. The third-order valence-electron chi connectivity index (χ3n) is 3.22. The van der Waals surface area contributed by atoms with E-state index < -0.39 is 0 Å². The largest absolute Gasteiger partial charge is 0.488 e. The molecular weight excluding hydrogens is 269 g/mol. The molecule has 2 unspecified atom stereocenters. The van der Waals surface area contributed by atoms with E-state index in [0.29, 0.717) is 19.0 Å². The fourth-order valence-corrected chi connectivity index (χ4v) is 2.54. The van der Waals surface area contributed by atoms with Crippen molar-refractivity contribution in [2.45, 2.75) is 25.0 Å². The van der Waals surface area contributed by atoms with Crippen LogP contribution in [0.1, 0.15) is 12.0 Å². The van der Waals surface area contributed by atoms with E-state index in [1.165, 1.54) is 6.07 Å². The Labute approximate surface area is 118 Å². The van der Waals surface area contributed by atoms with E-state index in [9.17, 15) is 4.39 Å². The first-order chi connectivity index (χ1) is 9.22. The van der Waals surface area contributed by atoms with Gasteiger partial charge in [-0.25, -0.2) is 4.39 Å². The summed E-state index contributed by atoms with van der Waals surface area (Å²) in [6, 6.07) is 4.89. The summed E-state index contributed by atoms with van der Waals surface area (Å²) in [4.78, 5) is 0. The fourth-order valence-electron chi connectivity index (χ4n) is 2.28. The molecule has 0 aromatic heterocycles. The maximum Gasteiger partial charge on any atom is 0.123 e. The molecule has 0 bridgehead atoms. The number of rotatable bonds is 7. The molecule has 0 fully saturated rings. The summed E-state index contributed by atoms with van der Waals surface area (Å²) in [5.74, 6) is 1.17. The van der Waals surface area contributed by atoms with Crippen molar-refractivity contribution in [2.24, 2.45) is 0 Å². The second-order valence-corrected chi connectivity index (χ2v) is 5.11. The minimum absolute atomic E-state index is 0.0477. The molecule has 1 aliphatic heterocycles. The SMILES string of the molecule is COCC(CCCl)NCC1Cc2cc(F)ccc2O1. The lowest BCUT2D eigenvalue weighted by Crippen LogP contribution is -2.40. The van der Waals surface area contributed by atoms with Gasteiger partial charge in [-0.05, 0) is 24.6 Å². The summed E-state index contributed by atoms with van der Waals surface area (Å²) in [5, 5.41) is 3.38. The van der Waals surface area contributed by atoms with Crippen molar-refractivity contribution in [1.29, 1.82) is 0 Å². The minimum Gasteiger partial charge on any atom is -0.488 e. The maximum absolute atomic E-state index is 13.1. The zero-order valence-electron chi connectivity index (χ0n) is 11.0. The van der Waals surface area contributed by atoms with E-state index in [-0.39, 0.29) is 18.0 Å². The molecule has 2 atom stereocenters. The lowest BCUT2D eigenvalue weighted by atomic mass is 10.1. The highest BCUT2D eigenvalue weighted by Crippen LogP contribution is 2.28. The molecule has 0 saturated heterocycles. The number of hydrogen-bond donors (Lipinski definition) is 1. The molecule has 0 spiro atoms. The summed E-state index contributed by atoms with van der Waals surface area (Å²) in [7, 11) is 1.67. The Kier molecular flexibility index (Phi) is 5.43. The van der Waals surface area contributed by atoms with E-state index in [1.54, 1.807) is 19.2 Å². The number of hydrogen-bond acceptors (Lipinski definition) is 3. The van der Waals surface area contributed by atoms with E-state index in [4.69, 9.17) is 21.1 Å². The number of fused-ring (bicyclic) bond motifs is 1. The topological polar surface area (TPSA) is 30.5 Å². The van der Waals surface area contributed by atoms with E-state index >= 15 is 0 Å². The van der Waals surface area contributed by atoms with Gasteiger partial charge in [-0.2, -0.15) is 0 Å². The highest BCUT2D eigenvalue weighted by molar-refractivity contribution is 6.17. The van der Waals surface area contributed by atoms with Crippen LogP contribution in [0.2, 0.25) is 0 Å². The summed E-state index contributed by atoms with van der Waals surface area (Å²) in [5.41, 5.74) is 0.937. The van der Waals surface area contributed by atoms with Gasteiger partial charge in [-0.1, -0.05) is 0 Å². The van der Waals surface area contributed by atoms with Crippen LogP contribution in [0.4, 0.5) is 4.39 Å². The molecule has 2 rings (SSSR count). The van der Waals surface area contributed by atoms with Crippen LogP contribution in [0, 0.1) is 5.82 Å². The predicted octanol–water partition coefficient (Wildman–Crippen LogP) is 2.36. The summed E-state index contributed by atoms with van der Waals surface area (Å²) < 4.78 is 24.0. The first kappa shape index (κ1) is 14.6. The van der Waals surface area contributed by atoms with Crippen LogP contribution in [-0.4, -0.2) is 38.3 Å². The molecule has 1 heterocycles. The van der Waals surface area contributed by atoms with Gasteiger partial charge in [0.25, 0.3) is 0 Å². The van der Waals surface area contributed by atoms with Gasteiger partial charge in [0.1, 0.15) is 17.7 Å². The van der Waals surface area contributed by atoms with E-state index in [0.717, 1.165) is 24.2 Å². The van der Waals surface area contributed by atoms with Crippen molar-refractivity contribution in [2.75, 3.05) is 26.1 Å². The quantitative estimate of drug-likeness (QED) is 0.781. The van der Waals surface area contributed by atoms with Gasteiger partial charge < -0.3 is 14.8 Å². The highest BCUT2D eigenvalue weighted by atomic mass is 35.5. The summed E-state index contributed by atoms with van der Waals surface area (Å²) in [6.07, 6.45) is 1.64. The average molecular weight is 288 g/mol. The van der Waals surface area contributed by atoms with Crippen LogP contribution in [0.5, 0.6) is 5.75 Å². The summed E-state index contributed by atoms with van der Waals surface area (Å²) >= 11 is 5.75. The number of benzene rings is 1. The molecular formula is C14H19ClFNO2. The van der Waals surface area contributed by atoms with Crippen molar-refractivity contribution in [3.8, 4) is 5.75 Å². The Hall–Kier alpha value is -0.840. The standard InChI is InChI=1S/C14H19ClFNO2/c1-18-9-12(4-5-15)17-8-13-7-10-6-11(16)2-3-14(10)19-13/h2-3,6,12-13,17H,4-5,7-9H2,1H3. The first-order valence-corrected chi connectivity index (χ1v) is 6.99. The Morgan fingerprint density at radius 1 is 1.58 bits per heavy atom. The second kappa shape index (κ2) is 7.08. The monoisotopic (exact) mass is 287 g/mol. The van der Waals surface area contributed by atoms with Crippen LogP contribution in [0.3, 0.4) is 0 Å². The maximum atomic E-state index is 13.1. The van der Waals surface area contributed by atoms with Crippen molar-refractivity contribution in [3.63, 3.8) is 0 Å². The Morgan fingerprint density at radius 2 is 2.42 bits per heavy atom. The van der Waals surface area contributed by atoms with Crippen LogP contribution >= 0.6 is 11.6 Å². The molecule has 0 amide bonds. The van der Waals surface area contributed by atoms with Crippen molar-refractivity contribution < 1.29 is 13.9 Å². The van der Waals surface area contributed by atoms with Gasteiger partial charge in [-0.15, -0.1) is 11.6 Å². The normalized spacial score (nSPS) is 19.0. The Morgan fingerprint density at radius 3 is 3.16 bits per heavy atom. The fraction of sp³-hybridized carbons (Fsp3) is 0.571. The van der Waals surface area contributed by atoms with Crippen LogP contribution in [-0.2, 0) is 11.2 Å². The van der Waals surface area contributed by atoms with Gasteiger partial charge in [-0.3, -0.25) is 0 Å². The molecule has 1 aromatic rings. The van der Waals surface area contributed by atoms with Gasteiger partial charge >= 0.3 is 0 Å². The van der Waals surface area contributed by atoms with Crippen molar-refractivity contribution in [1.82, 2.24) is 5.32 Å². The number of alkyl halides is 1. The Balaban J connectivity index is 1.82. The minimum atomic E-state index is -0.213. The van der Waals surface area contributed by atoms with Crippen LogP contribution in [0.15, 0.2) is 18.2 Å². The molecule has 3 nitrogen and oxygen atoms in total. The molecule has 106 valence electrons. The lowest BCUT2D eigenvalue weighted by molar-refractivity contribution is 0.152. The number of halogens is 2. The molecule has 0 saturated carbocycles. The molecule has 1 N–H and O–H groups in total. The lowest BCUT2D eigenvalue weighted by Gasteiger charge is -2.19. The molecule has 1 aromatic carbocycles. The van der Waals surface area contributed by atoms with Gasteiger partial charge in [0, 0.05) is 37.6 Å². The molecule has 1 aliphatic rings. The van der Waals surface area contributed by atoms with E-state index in [2.05, 4.69) is 5.32 Å². The van der Waals surface area contributed by atoms with E-state index in [1.807, 2.05) is 0 Å². The highest BCUT2D eigenvalue weighted by Gasteiger charge is 2.23. The third-order valence-corrected chi connectivity index (χ3v) is 3.44. The van der Waals surface area contributed by atoms with Gasteiger partial charge in [0.05, 0.1) is 6.61 Å². The van der Waals surface area contributed by atoms with Gasteiger partial charge in [0.15, 0.2) is 0 Å². The second-order valence-electron chi connectivity index (χ2n) is 4.73. The number of ether oxygens (including phenoxy) is 2. The molecule has 19 heavy (non-hydrogen) atoms. The first-order valence-electron chi connectivity index (χ1n) is 6.46. The van der Waals surface area contributed by atoms with Gasteiger partial charge in [0.2, 0.25) is 0 Å². The molecule has 0 radical (unpaired) electrons. The number of nitrogens with one attached hydrogen (secondary N) is 1. The Bertz CT molecular complexity index is 410. The zero-order valence-corrected chi connectivity index (χ0v) is 11.8. The smallest absolute Gasteiger partial charge is 0.123 e. The summed E-state index contributed by atoms with van der Waals surface area (Å²) in [6.45, 7) is 1.34. The van der Waals surface area contributed by atoms with Crippen LogP contribution in [0.25, 0.3) is 0 Å².